The first-order chi connectivity index (χ1) is 12.0. The standard InChI is InChI=1S/C18H22N4O3/c1-20-12-14(17(24)21(2)18(20)25)11-19-10-13-5-7-15(8-6-13)22-9-3-4-16(22)23/h5-8,12,19H,3-4,9-11H2,1-2H3. The summed E-state index contributed by atoms with van der Waals surface area (Å²) in [4.78, 5) is 37.3. The lowest BCUT2D eigenvalue weighted by Gasteiger charge is -2.16. The van der Waals surface area contributed by atoms with Crippen molar-refractivity contribution in [3.63, 3.8) is 0 Å². The number of nitrogens with zero attached hydrogens (tertiary/aromatic N) is 3. The normalized spacial score (nSPS) is 14.3. The Labute approximate surface area is 145 Å². The van der Waals surface area contributed by atoms with Crippen LogP contribution >= 0.6 is 0 Å². The Hall–Kier alpha value is -2.67. The minimum Gasteiger partial charge on any atom is -0.312 e. The summed E-state index contributed by atoms with van der Waals surface area (Å²) in [7, 11) is 3.11. The molecule has 0 aliphatic carbocycles. The maximum atomic E-state index is 12.1. The second-order valence-corrected chi connectivity index (χ2v) is 6.33. The first-order valence-electron chi connectivity index (χ1n) is 8.33. The van der Waals surface area contributed by atoms with Crippen LogP contribution in [0.2, 0.25) is 0 Å². The van der Waals surface area contributed by atoms with E-state index in [-0.39, 0.29) is 17.2 Å². The molecule has 0 spiro atoms. The highest BCUT2D eigenvalue weighted by molar-refractivity contribution is 5.95. The number of rotatable bonds is 5. The van der Waals surface area contributed by atoms with Gasteiger partial charge >= 0.3 is 5.69 Å². The minimum absolute atomic E-state index is 0.177. The summed E-state index contributed by atoms with van der Waals surface area (Å²) in [6, 6.07) is 7.86. The second-order valence-electron chi connectivity index (χ2n) is 6.33. The van der Waals surface area contributed by atoms with Gasteiger partial charge in [0.25, 0.3) is 5.56 Å². The molecule has 1 amide bonds. The van der Waals surface area contributed by atoms with E-state index in [0.29, 0.717) is 25.1 Å². The zero-order valence-corrected chi connectivity index (χ0v) is 14.5. The van der Waals surface area contributed by atoms with Crippen molar-refractivity contribution in [2.24, 2.45) is 14.1 Å². The molecule has 1 fully saturated rings. The zero-order chi connectivity index (χ0) is 18.0. The molecule has 0 atom stereocenters. The van der Waals surface area contributed by atoms with Gasteiger partial charge < -0.3 is 14.8 Å². The summed E-state index contributed by atoms with van der Waals surface area (Å²) >= 11 is 0. The van der Waals surface area contributed by atoms with Gasteiger partial charge in [0.05, 0.1) is 0 Å². The minimum atomic E-state index is -0.333. The fraction of sp³-hybridized carbons (Fsp3) is 0.389. The summed E-state index contributed by atoms with van der Waals surface area (Å²) in [5, 5.41) is 3.22. The lowest BCUT2D eigenvalue weighted by atomic mass is 10.2. The van der Waals surface area contributed by atoms with Crippen LogP contribution in [0, 0.1) is 0 Å². The molecule has 1 N–H and O–H groups in total. The van der Waals surface area contributed by atoms with E-state index in [1.165, 1.54) is 11.6 Å². The van der Waals surface area contributed by atoms with Crippen LogP contribution in [0.1, 0.15) is 24.0 Å². The van der Waals surface area contributed by atoms with Gasteiger partial charge in [0.1, 0.15) is 0 Å². The summed E-state index contributed by atoms with van der Waals surface area (Å²) in [5.41, 5.74) is 1.93. The topological polar surface area (TPSA) is 76.3 Å². The molecule has 0 unspecified atom stereocenters. The predicted molar refractivity (Wildman–Crippen MR) is 95.5 cm³/mol. The number of carbonyl (C=O) groups excluding carboxylic acids is 1. The number of aryl methyl sites for hydroxylation is 1. The fourth-order valence-corrected chi connectivity index (χ4v) is 3.06. The average Bonchev–Trinajstić information content (AvgIpc) is 3.04. The maximum Gasteiger partial charge on any atom is 0.330 e. The van der Waals surface area contributed by atoms with Crippen molar-refractivity contribution in [2.45, 2.75) is 25.9 Å². The van der Waals surface area contributed by atoms with E-state index in [1.54, 1.807) is 13.2 Å². The Bertz CT molecular complexity index is 896. The van der Waals surface area contributed by atoms with Crippen LogP contribution in [0.25, 0.3) is 0 Å². The molecule has 1 aromatic heterocycles. The molecule has 0 saturated carbocycles. The molecular weight excluding hydrogens is 320 g/mol. The summed E-state index contributed by atoms with van der Waals surface area (Å²) in [6.45, 7) is 1.76. The van der Waals surface area contributed by atoms with E-state index >= 15 is 0 Å². The molecule has 1 aliphatic rings. The smallest absolute Gasteiger partial charge is 0.312 e. The molecule has 1 saturated heterocycles. The van der Waals surface area contributed by atoms with Crippen LogP contribution in [0.15, 0.2) is 40.1 Å². The third kappa shape index (κ3) is 3.56. The van der Waals surface area contributed by atoms with Gasteiger partial charge in [-0.3, -0.25) is 14.2 Å². The van der Waals surface area contributed by atoms with Crippen molar-refractivity contribution in [1.29, 1.82) is 0 Å². The van der Waals surface area contributed by atoms with Crippen molar-refractivity contribution in [1.82, 2.24) is 14.5 Å². The molecule has 7 nitrogen and oxygen atoms in total. The third-order valence-electron chi connectivity index (χ3n) is 4.48. The number of anilines is 1. The van der Waals surface area contributed by atoms with Crippen LogP contribution in [0.3, 0.4) is 0 Å². The fourth-order valence-electron chi connectivity index (χ4n) is 3.06. The highest BCUT2D eigenvalue weighted by Gasteiger charge is 2.21. The number of nitrogens with one attached hydrogen (secondary N) is 1. The number of amides is 1. The molecule has 2 heterocycles. The van der Waals surface area contributed by atoms with Crippen LogP contribution in [0.5, 0.6) is 0 Å². The number of aromatic nitrogens is 2. The van der Waals surface area contributed by atoms with Crippen molar-refractivity contribution in [3.8, 4) is 0 Å². The molecule has 132 valence electrons. The summed E-state index contributed by atoms with van der Waals surface area (Å²) < 4.78 is 2.51. The number of hydrogen-bond acceptors (Lipinski definition) is 4. The van der Waals surface area contributed by atoms with E-state index < -0.39 is 0 Å². The zero-order valence-electron chi connectivity index (χ0n) is 14.5. The molecule has 1 aliphatic heterocycles. The van der Waals surface area contributed by atoms with Crippen LogP contribution < -0.4 is 21.5 Å². The van der Waals surface area contributed by atoms with E-state index in [1.807, 2.05) is 29.2 Å². The van der Waals surface area contributed by atoms with Crippen LogP contribution in [-0.4, -0.2) is 21.6 Å². The van der Waals surface area contributed by atoms with Crippen LogP contribution in [-0.2, 0) is 32.0 Å². The average molecular weight is 342 g/mol. The lowest BCUT2D eigenvalue weighted by molar-refractivity contribution is -0.117. The Morgan fingerprint density at radius 2 is 1.76 bits per heavy atom. The molecular formula is C18H22N4O3. The van der Waals surface area contributed by atoms with Crippen molar-refractivity contribution >= 4 is 11.6 Å². The number of benzene rings is 1. The monoisotopic (exact) mass is 342 g/mol. The Morgan fingerprint density at radius 1 is 1.04 bits per heavy atom. The number of carbonyl (C=O) groups is 1. The molecule has 7 heteroatoms. The lowest BCUT2D eigenvalue weighted by Crippen LogP contribution is -2.39. The predicted octanol–water partition coefficient (Wildman–Crippen LogP) is 0.501. The van der Waals surface area contributed by atoms with E-state index in [2.05, 4.69) is 5.32 Å². The van der Waals surface area contributed by atoms with Gasteiger partial charge in [0, 0.05) is 57.6 Å². The van der Waals surface area contributed by atoms with Gasteiger partial charge in [-0.1, -0.05) is 12.1 Å². The van der Waals surface area contributed by atoms with Gasteiger partial charge in [0.15, 0.2) is 0 Å². The maximum absolute atomic E-state index is 12.1. The first kappa shape index (κ1) is 17.2. The van der Waals surface area contributed by atoms with Gasteiger partial charge in [-0.05, 0) is 24.1 Å². The molecule has 3 rings (SSSR count). The Morgan fingerprint density at radius 3 is 2.40 bits per heavy atom. The number of hydrogen-bond donors (Lipinski definition) is 1. The molecule has 2 aromatic rings. The second kappa shape index (κ2) is 7.06. The van der Waals surface area contributed by atoms with Crippen LogP contribution in [0.4, 0.5) is 5.69 Å². The van der Waals surface area contributed by atoms with E-state index in [9.17, 15) is 14.4 Å². The highest BCUT2D eigenvalue weighted by Crippen LogP contribution is 2.21. The van der Waals surface area contributed by atoms with Gasteiger partial charge in [-0.25, -0.2) is 4.79 Å². The van der Waals surface area contributed by atoms with Gasteiger partial charge in [-0.15, -0.1) is 0 Å². The quantitative estimate of drug-likeness (QED) is 0.859. The highest BCUT2D eigenvalue weighted by atomic mass is 16.2. The molecule has 0 bridgehead atoms. The molecule has 25 heavy (non-hydrogen) atoms. The Balaban J connectivity index is 1.62. The molecule has 1 aromatic carbocycles. The van der Waals surface area contributed by atoms with Crippen molar-refractivity contribution < 1.29 is 4.79 Å². The SMILES string of the molecule is Cn1cc(CNCc2ccc(N3CCCC3=O)cc2)c(=O)n(C)c1=O. The van der Waals surface area contributed by atoms with E-state index in [4.69, 9.17) is 0 Å². The summed E-state index contributed by atoms with van der Waals surface area (Å²) in [5.74, 6) is 0.177. The third-order valence-corrected chi connectivity index (χ3v) is 4.48. The van der Waals surface area contributed by atoms with E-state index in [0.717, 1.165) is 28.8 Å². The van der Waals surface area contributed by atoms with Crippen molar-refractivity contribution in [2.75, 3.05) is 11.4 Å². The van der Waals surface area contributed by atoms with Gasteiger partial charge in [0.2, 0.25) is 5.91 Å². The summed E-state index contributed by atoms with van der Waals surface area (Å²) in [6.07, 6.45) is 3.11. The Kier molecular flexibility index (Phi) is 4.85. The van der Waals surface area contributed by atoms with Gasteiger partial charge in [-0.2, -0.15) is 0 Å². The first-order valence-corrected chi connectivity index (χ1v) is 8.33. The largest absolute Gasteiger partial charge is 0.330 e. The molecule has 0 radical (unpaired) electrons. The van der Waals surface area contributed by atoms with Crippen molar-refractivity contribution in [3.05, 3.63) is 62.4 Å².